The molecule has 3 atom stereocenters. The fraction of sp³-hybridized carbons (Fsp3) is 0.600. The van der Waals surface area contributed by atoms with Gasteiger partial charge in [-0.2, -0.15) is 0 Å². The lowest BCUT2D eigenvalue weighted by molar-refractivity contribution is 0.00675. The Morgan fingerprint density at radius 3 is 2.86 bits per heavy atom. The van der Waals surface area contributed by atoms with Gasteiger partial charge in [0.2, 0.25) is 0 Å². The summed E-state index contributed by atoms with van der Waals surface area (Å²) in [6.07, 6.45) is 1.24. The Labute approximate surface area is 171 Å². The number of fused-ring (bicyclic) bond motifs is 1. The molecule has 2 heterocycles. The molecule has 28 heavy (non-hydrogen) atoms. The van der Waals surface area contributed by atoms with Crippen LogP contribution in [0.1, 0.15) is 39.7 Å². The van der Waals surface area contributed by atoms with Gasteiger partial charge < -0.3 is 30.7 Å². The van der Waals surface area contributed by atoms with E-state index in [9.17, 15) is 4.79 Å². The number of nitrogens with one attached hydrogen (secondary N) is 2. The standard InChI is InChI=1S/C20H30N4O3S/c1-12-17(21)15(8-10-24(12)19(25)27-20(2,3)4)23-18(28)22-14-6-5-7-16-13(14)9-11-26-16/h5-7,12,15,17H,8-11,21H2,1-4H3,(H2,22,23,28)/t12-,15-,17+/m1/s1. The number of piperidine rings is 1. The summed E-state index contributed by atoms with van der Waals surface area (Å²) in [5.74, 6) is 0.906. The van der Waals surface area contributed by atoms with Crippen molar-refractivity contribution in [2.75, 3.05) is 18.5 Å². The van der Waals surface area contributed by atoms with Gasteiger partial charge in [-0.15, -0.1) is 0 Å². The van der Waals surface area contributed by atoms with Crippen LogP contribution in [0, 0.1) is 0 Å². The first-order valence-electron chi connectivity index (χ1n) is 9.73. The predicted molar refractivity (Wildman–Crippen MR) is 114 cm³/mol. The van der Waals surface area contributed by atoms with Crippen molar-refractivity contribution in [3.05, 3.63) is 23.8 Å². The van der Waals surface area contributed by atoms with Gasteiger partial charge in [-0.1, -0.05) is 6.07 Å². The minimum Gasteiger partial charge on any atom is -0.493 e. The third kappa shape index (κ3) is 4.67. The van der Waals surface area contributed by atoms with Crippen LogP contribution < -0.4 is 21.1 Å². The van der Waals surface area contributed by atoms with Gasteiger partial charge in [0.15, 0.2) is 5.11 Å². The summed E-state index contributed by atoms with van der Waals surface area (Å²) in [6, 6.07) is 5.47. The van der Waals surface area contributed by atoms with E-state index in [0.29, 0.717) is 24.7 Å². The Morgan fingerprint density at radius 1 is 1.39 bits per heavy atom. The molecule has 3 rings (SSSR count). The lowest BCUT2D eigenvalue weighted by Gasteiger charge is -2.43. The van der Waals surface area contributed by atoms with Crippen LogP contribution in [0.4, 0.5) is 10.5 Å². The molecule has 2 aliphatic heterocycles. The van der Waals surface area contributed by atoms with Crippen molar-refractivity contribution in [2.45, 2.75) is 64.3 Å². The number of hydrogen-bond acceptors (Lipinski definition) is 5. The summed E-state index contributed by atoms with van der Waals surface area (Å²) in [4.78, 5) is 14.1. The van der Waals surface area contributed by atoms with Gasteiger partial charge in [-0.05, 0) is 58.5 Å². The molecule has 1 aromatic rings. The molecule has 1 amide bonds. The van der Waals surface area contributed by atoms with Gasteiger partial charge in [0, 0.05) is 42.3 Å². The molecule has 0 aliphatic carbocycles. The second-order valence-electron chi connectivity index (χ2n) is 8.37. The molecule has 154 valence electrons. The SMILES string of the molecule is C[C@@H]1[C@H](N)[C@H](NC(=S)Nc2cccc3c2CCO3)CCN1C(=O)OC(C)(C)C. The van der Waals surface area contributed by atoms with Crippen LogP contribution >= 0.6 is 12.2 Å². The van der Waals surface area contributed by atoms with Gasteiger partial charge in [-0.3, -0.25) is 0 Å². The maximum atomic E-state index is 12.4. The van der Waals surface area contributed by atoms with E-state index < -0.39 is 5.60 Å². The van der Waals surface area contributed by atoms with Crippen LogP contribution in [-0.2, 0) is 11.2 Å². The smallest absolute Gasteiger partial charge is 0.410 e. The molecule has 0 saturated carbocycles. The maximum Gasteiger partial charge on any atom is 0.410 e. The van der Waals surface area contributed by atoms with Crippen LogP contribution in [0.15, 0.2) is 18.2 Å². The number of carbonyl (C=O) groups excluding carboxylic acids is 1. The van der Waals surface area contributed by atoms with Crippen LogP contribution in [0.25, 0.3) is 0 Å². The molecule has 0 bridgehead atoms. The van der Waals surface area contributed by atoms with Crippen molar-refractivity contribution in [1.29, 1.82) is 0 Å². The molecule has 1 aromatic carbocycles. The Kier molecular flexibility index (Phi) is 6.00. The molecule has 1 saturated heterocycles. The predicted octanol–water partition coefficient (Wildman–Crippen LogP) is 2.63. The second kappa shape index (κ2) is 8.13. The molecule has 7 nitrogen and oxygen atoms in total. The zero-order valence-corrected chi connectivity index (χ0v) is 17.8. The molecule has 0 aromatic heterocycles. The molecule has 0 radical (unpaired) electrons. The van der Waals surface area contributed by atoms with Crippen molar-refractivity contribution in [1.82, 2.24) is 10.2 Å². The van der Waals surface area contributed by atoms with Gasteiger partial charge >= 0.3 is 6.09 Å². The monoisotopic (exact) mass is 406 g/mol. The highest BCUT2D eigenvalue weighted by molar-refractivity contribution is 7.80. The number of likely N-dealkylation sites (tertiary alicyclic amines) is 1. The van der Waals surface area contributed by atoms with E-state index in [4.69, 9.17) is 27.4 Å². The number of nitrogens with two attached hydrogens (primary N) is 1. The normalized spacial score (nSPS) is 24.2. The lowest BCUT2D eigenvalue weighted by Crippen LogP contribution is -2.64. The molecule has 0 spiro atoms. The number of amides is 1. The minimum absolute atomic E-state index is 0.0262. The van der Waals surface area contributed by atoms with E-state index in [1.54, 1.807) is 4.90 Å². The average Bonchev–Trinajstić information content (AvgIpc) is 3.07. The molecule has 0 unspecified atom stereocenters. The number of nitrogens with zero attached hydrogens (tertiary/aromatic N) is 1. The summed E-state index contributed by atoms with van der Waals surface area (Å²) in [6.45, 7) is 8.79. The van der Waals surface area contributed by atoms with Crippen LogP contribution in [0.3, 0.4) is 0 Å². The summed E-state index contributed by atoms with van der Waals surface area (Å²) < 4.78 is 11.1. The van der Waals surface area contributed by atoms with E-state index in [1.807, 2.05) is 45.9 Å². The number of hydrogen-bond donors (Lipinski definition) is 3. The van der Waals surface area contributed by atoms with Crippen molar-refractivity contribution in [3.8, 4) is 5.75 Å². The molecule has 2 aliphatic rings. The Hall–Kier alpha value is -2.06. The summed E-state index contributed by atoms with van der Waals surface area (Å²) in [5.41, 5.74) is 8.00. The van der Waals surface area contributed by atoms with Gasteiger partial charge in [0.05, 0.1) is 6.61 Å². The third-order valence-electron chi connectivity index (χ3n) is 5.13. The van der Waals surface area contributed by atoms with E-state index >= 15 is 0 Å². The Balaban J connectivity index is 1.58. The van der Waals surface area contributed by atoms with E-state index in [0.717, 1.165) is 23.4 Å². The summed E-state index contributed by atoms with van der Waals surface area (Å²) in [7, 11) is 0. The zero-order valence-electron chi connectivity index (χ0n) is 17.0. The highest BCUT2D eigenvalue weighted by Crippen LogP contribution is 2.31. The van der Waals surface area contributed by atoms with Crippen LogP contribution in [0.5, 0.6) is 5.75 Å². The van der Waals surface area contributed by atoms with Crippen molar-refractivity contribution < 1.29 is 14.3 Å². The van der Waals surface area contributed by atoms with Gasteiger partial charge in [0.1, 0.15) is 11.4 Å². The fourth-order valence-corrected chi connectivity index (χ4v) is 3.89. The summed E-state index contributed by atoms with van der Waals surface area (Å²) in [5, 5.41) is 7.12. The molecule has 8 heteroatoms. The number of thiocarbonyl (C=S) groups is 1. The quantitative estimate of drug-likeness (QED) is 0.651. The van der Waals surface area contributed by atoms with E-state index in [2.05, 4.69) is 10.6 Å². The van der Waals surface area contributed by atoms with Gasteiger partial charge in [0.25, 0.3) is 0 Å². The molecule has 1 fully saturated rings. The van der Waals surface area contributed by atoms with Crippen molar-refractivity contribution in [3.63, 3.8) is 0 Å². The second-order valence-corrected chi connectivity index (χ2v) is 8.77. The fourth-order valence-electron chi connectivity index (χ4n) is 3.63. The Morgan fingerprint density at radius 2 is 2.14 bits per heavy atom. The van der Waals surface area contributed by atoms with E-state index in [1.165, 1.54) is 0 Å². The zero-order chi connectivity index (χ0) is 20.5. The number of rotatable bonds is 2. The number of carbonyl (C=O) groups is 1. The first-order chi connectivity index (χ1) is 13.2. The molecule has 4 N–H and O–H groups in total. The van der Waals surface area contributed by atoms with Crippen LogP contribution in [0.2, 0.25) is 0 Å². The van der Waals surface area contributed by atoms with Crippen LogP contribution in [-0.4, -0.2) is 53.0 Å². The van der Waals surface area contributed by atoms with Crippen molar-refractivity contribution in [2.24, 2.45) is 5.73 Å². The van der Waals surface area contributed by atoms with Gasteiger partial charge in [-0.25, -0.2) is 4.79 Å². The third-order valence-corrected chi connectivity index (χ3v) is 5.35. The first kappa shape index (κ1) is 20.7. The lowest BCUT2D eigenvalue weighted by atomic mass is 9.93. The first-order valence-corrected chi connectivity index (χ1v) is 10.1. The molecular formula is C20H30N4O3S. The number of ether oxygens (including phenoxy) is 2. The summed E-state index contributed by atoms with van der Waals surface area (Å²) >= 11 is 5.51. The Bertz CT molecular complexity index is 749. The topological polar surface area (TPSA) is 88.9 Å². The highest BCUT2D eigenvalue weighted by atomic mass is 32.1. The number of benzene rings is 1. The average molecular weight is 407 g/mol. The van der Waals surface area contributed by atoms with Crippen molar-refractivity contribution >= 4 is 29.1 Å². The largest absolute Gasteiger partial charge is 0.493 e. The van der Waals surface area contributed by atoms with E-state index in [-0.39, 0.29) is 24.2 Å². The molecular weight excluding hydrogens is 376 g/mol. The highest BCUT2D eigenvalue weighted by Gasteiger charge is 2.37. The maximum absolute atomic E-state index is 12.4. The minimum atomic E-state index is -0.527. The number of anilines is 1.